The molecule has 0 fully saturated rings. The van der Waals surface area contributed by atoms with Gasteiger partial charge in [0.05, 0.1) is 0 Å². The van der Waals surface area contributed by atoms with E-state index in [0.29, 0.717) is 19.3 Å². The Morgan fingerprint density at radius 2 is 0.554 bits per heavy atom. The van der Waals surface area contributed by atoms with E-state index in [1.165, 1.54) is 199 Å². The molecule has 0 rings (SSSR count). The van der Waals surface area contributed by atoms with E-state index in [2.05, 4.69) is 45.1 Å². The second-order valence-corrected chi connectivity index (χ2v) is 19.6. The van der Waals surface area contributed by atoms with Gasteiger partial charge < -0.3 is 14.2 Å². The van der Waals surface area contributed by atoms with E-state index in [4.69, 9.17) is 14.2 Å². The van der Waals surface area contributed by atoms with Crippen LogP contribution in [0.1, 0.15) is 316 Å². The monoisotopic (exact) mass is 915 g/mol. The van der Waals surface area contributed by atoms with Crippen LogP contribution in [-0.2, 0) is 28.6 Å². The summed E-state index contributed by atoms with van der Waals surface area (Å²) >= 11 is 0. The first-order chi connectivity index (χ1) is 32.0. The van der Waals surface area contributed by atoms with Crippen molar-refractivity contribution in [3.8, 4) is 0 Å². The van der Waals surface area contributed by atoms with Gasteiger partial charge in [-0.1, -0.05) is 270 Å². The number of ether oxygens (including phenoxy) is 3. The molecule has 0 aromatic rings. The topological polar surface area (TPSA) is 78.9 Å². The van der Waals surface area contributed by atoms with Gasteiger partial charge in [-0.2, -0.15) is 0 Å². The molecule has 1 unspecified atom stereocenters. The van der Waals surface area contributed by atoms with Crippen molar-refractivity contribution in [1.82, 2.24) is 0 Å². The molecule has 0 heterocycles. The fraction of sp³-hybridized carbons (Fsp3) is 0.881. The van der Waals surface area contributed by atoms with Gasteiger partial charge in [0.15, 0.2) is 6.10 Å². The number of carbonyl (C=O) groups excluding carboxylic acids is 3. The molecule has 0 N–H and O–H groups in total. The van der Waals surface area contributed by atoms with Crippen LogP contribution in [0.15, 0.2) is 24.3 Å². The standard InChI is InChI=1S/C59H110O6/c1-4-7-10-13-16-19-22-25-28-31-34-37-40-43-46-49-52-58(61)64-55-56(54-63-57(60)51-48-45-42-39-36-33-30-27-24-21-18-15-12-9-6-3)65-59(62)53-50-47-44-41-38-35-32-29-26-23-20-17-14-11-8-5-2/h19,22,28,31,56H,4-18,20-21,23-27,29-30,32-55H2,1-3H3/b22-19-,31-28-. The number of hydrogen-bond acceptors (Lipinski definition) is 6. The summed E-state index contributed by atoms with van der Waals surface area (Å²) in [5, 5.41) is 0. The normalized spacial score (nSPS) is 12.1. The molecule has 0 aliphatic carbocycles. The number of unbranched alkanes of at least 4 members (excludes halogenated alkanes) is 38. The van der Waals surface area contributed by atoms with Crippen molar-refractivity contribution in [2.75, 3.05) is 13.2 Å². The van der Waals surface area contributed by atoms with Crippen molar-refractivity contribution in [3.63, 3.8) is 0 Å². The molecule has 0 spiro atoms. The molecular formula is C59H110O6. The largest absolute Gasteiger partial charge is 0.462 e. The summed E-state index contributed by atoms with van der Waals surface area (Å²) in [6.45, 7) is 6.66. The van der Waals surface area contributed by atoms with E-state index >= 15 is 0 Å². The van der Waals surface area contributed by atoms with E-state index in [9.17, 15) is 14.4 Å². The Morgan fingerprint density at radius 1 is 0.308 bits per heavy atom. The molecule has 0 aromatic carbocycles. The van der Waals surface area contributed by atoms with E-state index in [1.54, 1.807) is 0 Å². The lowest BCUT2D eigenvalue weighted by Crippen LogP contribution is -2.30. The average Bonchev–Trinajstić information content (AvgIpc) is 3.30. The number of carbonyl (C=O) groups is 3. The lowest BCUT2D eigenvalue weighted by molar-refractivity contribution is -0.167. The minimum Gasteiger partial charge on any atom is -0.462 e. The van der Waals surface area contributed by atoms with Crippen molar-refractivity contribution >= 4 is 17.9 Å². The first-order valence-electron chi connectivity index (χ1n) is 28.8. The maximum absolute atomic E-state index is 12.8. The number of allylic oxidation sites excluding steroid dienone is 4. The molecule has 0 bridgehead atoms. The molecule has 0 aliphatic heterocycles. The highest BCUT2D eigenvalue weighted by Crippen LogP contribution is 2.17. The van der Waals surface area contributed by atoms with E-state index in [1.807, 2.05) is 0 Å². The van der Waals surface area contributed by atoms with Crippen LogP contribution in [0.3, 0.4) is 0 Å². The van der Waals surface area contributed by atoms with Gasteiger partial charge in [-0.3, -0.25) is 14.4 Å². The molecule has 6 heteroatoms. The molecule has 382 valence electrons. The Balaban J connectivity index is 4.35. The molecule has 0 saturated heterocycles. The quantitative estimate of drug-likeness (QED) is 0.0262. The summed E-state index contributed by atoms with van der Waals surface area (Å²) in [5.41, 5.74) is 0. The smallest absolute Gasteiger partial charge is 0.306 e. The molecule has 6 nitrogen and oxygen atoms in total. The molecule has 0 aromatic heterocycles. The average molecular weight is 916 g/mol. The Bertz CT molecular complexity index is 1050. The SMILES string of the molecule is CCCCCC/C=C\C/C=C\CCCCCCCC(=O)OCC(COC(=O)CCCCCCCCCCCCCCCCC)OC(=O)CCCCCCCCCCCCCCCCCC. The van der Waals surface area contributed by atoms with E-state index in [0.717, 1.165) is 77.0 Å². The Morgan fingerprint density at radius 3 is 0.862 bits per heavy atom. The molecule has 0 radical (unpaired) electrons. The Labute approximate surface area is 404 Å². The van der Waals surface area contributed by atoms with Crippen molar-refractivity contribution in [1.29, 1.82) is 0 Å². The summed E-state index contributed by atoms with van der Waals surface area (Å²) in [7, 11) is 0. The third-order valence-corrected chi connectivity index (χ3v) is 13.0. The second kappa shape index (κ2) is 54.5. The fourth-order valence-electron chi connectivity index (χ4n) is 8.59. The number of hydrogen-bond donors (Lipinski definition) is 0. The minimum absolute atomic E-state index is 0.0701. The zero-order valence-corrected chi connectivity index (χ0v) is 43.8. The van der Waals surface area contributed by atoms with Crippen molar-refractivity contribution in [2.24, 2.45) is 0 Å². The minimum atomic E-state index is -0.771. The van der Waals surface area contributed by atoms with Gasteiger partial charge in [-0.15, -0.1) is 0 Å². The molecule has 65 heavy (non-hydrogen) atoms. The second-order valence-electron chi connectivity index (χ2n) is 19.6. The first kappa shape index (κ1) is 62.9. The van der Waals surface area contributed by atoms with Crippen LogP contribution in [-0.4, -0.2) is 37.2 Å². The molecule has 0 saturated carbocycles. The lowest BCUT2D eigenvalue weighted by atomic mass is 10.0. The highest BCUT2D eigenvalue weighted by atomic mass is 16.6. The van der Waals surface area contributed by atoms with Crippen LogP contribution < -0.4 is 0 Å². The maximum atomic E-state index is 12.8. The van der Waals surface area contributed by atoms with Crippen molar-refractivity contribution < 1.29 is 28.6 Å². The summed E-state index contributed by atoms with van der Waals surface area (Å²) < 4.78 is 16.9. The van der Waals surface area contributed by atoms with Crippen LogP contribution >= 0.6 is 0 Å². The van der Waals surface area contributed by atoms with Gasteiger partial charge in [0.2, 0.25) is 0 Å². The summed E-state index contributed by atoms with van der Waals surface area (Å²) in [6.07, 6.45) is 63.0. The van der Waals surface area contributed by atoms with Crippen molar-refractivity contribution in [2.45, 2.75) is 322 Å². The van der Waals surface area contributed by atoms with Gasteiger partial charge in [-0.25, -0.2) is 0 Å². The third kappa shape index (κ3) is 52.7. The molecule has 0 aliphatic rings. The van der Waals surface area contributed by atoms with Crippen LogP contribution in [0.2, 0.25) is 0 Å². The summed E-state index contributed by atoms with van der Waals surface area (Å²) in [4.78, 5) is 38.1. The van der Waals surface area contributed by atoms with Gasteiger partial charge in [0.25, 0.3) is 0 Å². The van der Waals surface area contributed by atoms with Crippen LogP contribution in [0.5, 0.6) is 0 Å². The van der Waals surface area contributed by atoms with Gasteiger partial charge in [-0.05, 0) is 51.4 Å². The lowest BCUT2D eigenvalue weighted by Gasteiger charge is -2.18. The van der Waals surface area contributed by atoms with Gasteiger partial charge in [0, 0.05) is 19.3 Å². The zero-order valence-electron chi connectivity index (χ0n) is 43.8. The molecule has 1 atom stereocenters. The van der Waals surface area contributed by atoms with E-state index < -0.39 is 6.10 Å². The summed E-state index contributed by atoms with van der Waals surface area (Å²) in [5.74, 6) is -0.862. The predicted molar refractivity (Wildman–Crippen MR) is 279 cm³/mol. The van der Waals surface area contributed by atoms with Crippen molar-refractivity contribution in [3.05, 3.63) is 24.3 Å². The van der Waals surface area contributed by atoms with Gasteiger partial charge in [0.1, 0.15) is 13.2 Å². The maximum Gasteiger partial charge on any atom is 0.306 e. The predicted octanol–water partition coefficient (Wildman–Crippen LogP) is 19.1. The van der Waals surface area contributed by atoms with Gasteiger partial charge >= 0.3 is 17.9 Å². The third-order valence-electron chi connectivity index (χ3n) is 13.0. The zero-order chi connectivity index (χ0) is 47.2. The number of rotatable bonds is 53. The number of esters is 3. The molecule has 0 amide bonds. The fourth-order valence-corrected chi connectivity index (χ4v) is 8.59. The Hall–Kier alpha value is -2.11. The van der Waals surface area contributed by atoms with Crippen LogP contribution in [0.4, 0.5) is 0 Å². The molecular weight excluding hydrogens is 805 g/mol. The summed E-state index contributed by atoms with van der Waals surface area (Å²) in [6, 6.07) is 0. The highest BCUT2D eigenvalue weighted by molar-refractivity contribution is 5.71. The van der Waals surface area contributed by atoms with Crippen LogP contribution in [0.25, 0.3) is 0 Å². The van der Waals surface area contributed by atoms with E-state index in [-0.39, 0.29) is 31.1 Å². The Kier molecular flexibility index (Phi) is 52.7. The highest BCUT2D eigenvalue weighted by Gasteiger charge is 2.19. The first-order valence-corrected chi connectivity index (χ1v) is 28.8. The van der Waals surface area contributed by atoms with Crippen LogP contribution in [0, 0.1) is 0 Å².